The van der Waals surface area contributed by atoms with E-state index in [1.807, 2.05) is 0 Å². The number of hydrogen-bond donors (Lipinski definition) is 2. The van der Waals surface area contributed by atoms with Gasteiger partial charge in [-0.2, -0.15) is 0 Å². The van der Waals surface area contributed by atoms with Gasteiger partial charge in [0.25, 0.3) is 0 Å². The summed E-state index contributed by atoms with van der Waals surface area (Å²) in [5, 5.41) is 19.4. The summed E-state index contributed by atoms with van der Waals surface area (Å²) in [7, 11) is 0. The monoisotopic (exact) mass is 406 g/mol. The lowest BCUT2D eigenvalue weighted by Gasteiger charge is -2.24. The zero-order chi connectivity index (χ0) is 18.1. The number of alkyl halides is 1. The zero-order valence-electron chi connectivity index (χ0n) is 16.4. The van der Waals surface area contributed by atoms with Crippen molar-refractivity contribution in [1.82, 2.24) is 0 Å². The molecule has 0 saturated carbocycles. The SMILES string of the molecule is CCCCCCCCCCCCCCCCCCC(O)(O)C(C)Br. The molecule has 1 unspecified atom stereocenters. The topological polar surface area (TPSA) is 40.5 Å². The molecule has 146 valence electrons. The highest BCUT2D eigenvalue weighted by Crippen LogP contribution is 2.22. The molecule has 0 amide bonds. The summed E-state index contributed by atoms with van der Waals surface area (Å²) < 4.78 is 0. The van der Waals surface area contributed by atoms with Crippen LogP contribution in [0.15, 0.2) is 0 Å². The molecule has 0 aromatic heterocycles. The van der Waals surface area contributed by atoms with Gasteiger partial charge in [-0.15, -0.1) is 0 Å². The Morgan fingerprint density at radius 3 is 1.21 bits per heavy atom. The normalized spacial score (nSPS) is 13.4. The van der Waals surface area contributed by atoms with Crippen LogP contribution >= 0.6 is 15.9 Å². The third-order valence-electron chi connectivity index (χ3n) is 5.04. The van der Waals surface area contributed by atoms with Gasteiger partial charge in [-0.3, -0.25) is 0 Å². The maximum Gasteiger partial charge on any atom is 0.175 e. The number of unbranched alkanes of at least 4 members (excludes halogenated alkanes) is 15. The van der Waals surface area contributed by atoms with Gasteiger partial charge in [0.05, 0.1) is 4.83 Å². The molecule has 0 aromatic rings. The van der Waals surface area contributed by atoms with E-state index in [0.29, 0.717) is 6.42 Å². The van der Waals surface area contributed by atoms with Gasteiger partial charge in [0.2, 0.25) is 0 Å². The van der Waals surface area contributed by atoms with Crippen molar-refractivity contribution in [3.8, 4) is 0 Å². The summed E-state index contributed by atoms with van der Waals surface area (Å²) >= 11 is 3.24. The van der Waals surface area contributed by atoms with Crippen molar-refractivity contribution < 1.29 is 10.2 Å². The van der Waals surface area contributed by atoms with Gasteiger partial charge < -0.3 is 10.2 Å². The molecule has 2 nitrogen and oxygen atoms in total. The highest BCUT2D eigenvalue weighted by Gasteiger charge is 2.27. The maximum absolute atomic E-state index is 9.72. The molecule has 0 spiro atoms. The Balaban J connectivity index is 3.13. The van der Waals surface area contributed by atoms with Crippen molar-refractivity contribution in [2.45, 2.75) is 134 Å². The molecule has 3 heteroatoms. The minimum absolute atomic E-state index is 0.263. The summed E-state index contributed by atoms with van der Waals surface area (Å²) in [5.41, 5.74) is 0. The predicted molar refractivity (Wildman–Crippen MR) is 110 cm³/mol. The molecular formula is C21H43BrO2. The first kappa shape index (κ1) is 24.4. The molecule has 0 rings (SSSR count). The van der Waals surface area contributed by atoms with E-state index in [2.05, 4.69) is 22.9 Å². The lowest BCUT2D eigenvalue weighted by molar-refractivity contribution is -0.161. The second kappa shape index (κ2) is 16.8. The lowest BCUT2D eigenvalue weighted by atomic mass is 10.0. The minimum atomic E-state index is -1.55. The van der Waals surface area contributed by atoms with Crippen molar-refractivity contribution in [1.29, 1.82) is 0 Å². The molecule has 0 fully saturated rings. The first-order valence-electron chi connectivity index (χ1n) is 10.6. The minimum Gasteiger partial charge on any atom is -0.365 e. The molecule has 24 heavy (non-hydrogen) atoms. The van der Waals surface area contributed by atoms with Crippen LogP contribution in [-0.4, -0.2) is 20.8 Å². The van der Waals surface area contributed by atoms with Crippen molar-refractivity contribution in [2.24, 2.45) is 0 Å². The standard InChI is InChI=1S/C21H43BrO2/c1-3-4-5-6-7-8-9-10-11-12-13-14-15-16-17-18-19-21(23,24)20(2)22/h20,23-24H,3-19H2,1-2H3. The average Bonchev–Trinajstić information content (AvgIpc) is 2.54. The van der Waals surface area contributed by atoms with Crippen molar-refractivity contribution >= 4 is 15.9 Å². The quantitative estimate of drug-likeness (QED) is 0.144. The first-order valence-corrected chi connectivity index (χ1v) is 11.5. The van der Waals surface area contributed by atoms with Crippen LogP contribution in [0, 0.1) is 0 Å². The van der Waals surface area contributed by atoms with Gasteiger partial charge >= 0.3 is 0 Å². The Morgan fingerprint density at radius 1 is 0.625 bits per heavy atom. The third-order valence-corrected chi connectivity index (χ3v) is 5.77. The molecule has 2 N–H and O–H groups in total. The maximum atomic E-state index is 9.72. The van der Waals surface area contributed by atoms with E-state index in [1.165, 1.54) is 89.9 Å². The Hall–Kier alpha value is 0.400. The molecule has 0 aromatic carbocycles. The Bertz CT molecular complexity index is 254. The van der Waals surface area contributed by atoms with Crippen LogP contribution in [0.2, 0.25) is 0 Å². The average molecular weight is 407 g/mol. The molecule has 0 heterocycles. The fraction of sp³-hybridized carbons (Fsp3) is 1.00. The summed E-state index contributed by atoms with van der Waals surface area (Å²) in [4.78, 5) is -0.263. The molecule has 0 aliphatic rings. The van der Waals surface area contributed by atoms with Crippen LogP contribution in [0.5, 0.6) is 0 Å². The zero-order valence-corrected chi connectivity index (χ0v) is 18.0. The molecule has 0 aliphatic heterocycles. The van der Waals surface area contributed by atoms with Crippen LogP contribution in [0.4, 0.5) is 0 Å². The smallest absolute Gasteiger partial charge is 0.175 e. The van der Waals surface area contributed by atoms with Gasteiger partial charge in [-0.25, -0.2) is 0 Å². The van der Waals surface area contributed by atoms with Crippen LogP contribution < -0.4 is 0 Å². The van der Waals surface area contributed by atoms with Gasteiger partial charge in [0.1, 0.15) is 0 Å². The summed E-state index contributed by atoms with van der Waals surface area (Å²) in [5.74, 6) is -1.55. The molecular weight excluding hydrogens is 364 g/mol. The highest BCUT2D eigenvalue weighted by atomic mass is 79.9. The molecule has 0 bridgehead atoms. The van der Waals surface area contributed by atoms with E-state index in [-0.39, 0.29) is 4.83 Å². The van der Waals surface area contributed by atoms with E-state index in [0.717, 1.165) is 12.8 Å². The van der Waals surface area contributed by atoms with Crippen LogP contribution in [0.25, 0.3) is 0 Å². The Morgan fingerprint density at radius 2 is 0.917 bits per heavy atom. The lowest BCUT2D eigenvalue weighted by Crippen LogP contribution is -2.36. The number of rotatable bonds is 18. The molecule has 0 saturated heterocycles. The number of aliphatic hydroxyl groups is 2. The fourth-order valence-corrected chi connectivity index (χ4v) is 3.36. The predicted octanol–water partition coefficient (Wildman–Crippen LogP) is 7.10. The first-order chi connectivity index (χ1) is 11.5. The highest BCUT2D eigenvalue weighted by molar-refractivity contribution is 9.09. The summed E-state index contributed by atoms with van der Waals surface area (Å²) in [6, 6.07) is 0. The van der Waals surface area contributed by atoms with E-state index in [4.69, 9.17) is 0 Å². The van der Waals surface area contributed by atoms with Gasteiger partial charge in [-0.1, -0.05) is 119 Å². The van der Waals surface area contributed by atoms with Gasteiger partial charge in [0, 0.05) is 6.42 Å². The number of halogens is 1. The fourth-order valence-electron chi connectivity index (χ4n) is 3.13. The molecule has 1 atom stereocenters. The number of hydrogen-bond acceptors (Lipinski definition) is 2. The van der Waals surface area contributed by atoms with E-state index >= 15 is 0 Å². The second-order valence-corrected chi connectivity index (χ2v) is 8.92. The second-order valence-electron chi connectivity index (χ2n) is 7.55. The Labute approximate surface area is 159 Å². The van der Waals surface area contributed by atoms with E-state index in [1.54, 1.807) is 6.92 Å². The summed E-state index contributed by atoms with van der Waals surface area (Å²) in [6.07, 6.45) is 21.9. The third kappa shape index (κ3) is 15.9. The van der Waals surface area contributed by atoms with Gasteiger partial charge in [0.15, 0.2) is 5.79 Å². The van der Waals surface area contributed by atoms with Crippen molar-refractivity contribution in [3.05, 3.63) is 0 Å². The van der Waals surface area contributed by atoms with Gasteiger partial charge in [-0.05, 0) is 13.3 Å². The summed E-state index contributed by atoms with van der Waals surface area (Å²) in [6.45, 7) is 4.06. The molecule has 0 aliphatic carbocycles. The van der Waals surface area contributed by atoms with Crippen molar-refractivity contribution in [3.63, 3.8) is 0 Å². The van der Waals surface area contributed by atoms with Crippen LogP contribution in [0.1, 0.15) is 123 Å². The van der Waals surface area contributed by atoms with E-state index in [9.17, 15) is 10.2 Å². The van der Waals surface area contributed by atoms with E-state index < -0.39 is 5.79 Å². The largest absolute Gasteiger partial charge is 0.365 e. The van der Waals surface area contributed by atoms with Crippen molar-refractivity contribution in [2.75, 3.05) is 0 Å². The molecule has 0 radical (unpaired) electrons. The Kier molecular flexibility index (Phi) is 17.1. The van der Waals surface area contributed by atoms with Crippen LogP contribution in [0.3, 0.4) is 0 Å². The van der Waals surface area contributed by atoms with Crippen LogP contribution in [-0.2, 0) is 0 Å².